The molecule has 0 radical (unpaired) electrons. The predicted molar refractivity (Wildman–Crippen MR) is 116 cm³/mol. The summed E-state index contributed by atoms with van der Waals surface area (Å²) in [5.41, 5.74) is 8.05. The molecule has 3 atom stereocenters. The van der Waals surface area contributed by atoms with Crippen LogP contribution < -0.4 is 0 Å². The van der Waals surface area contributed by atoms with Gasteiger partial charge in [0.05, 0.1) is 17.9 Å². The zero-order chi connectivity index (χ0) is 18.8. The van der Waals surface area contributed by atoms with Gasteiger partial charge < -0.3 is 4.98 Å². The summed E-state index contributed by atoms with van der Waals surface area (Å²) in [5, 5.41) is 0. The molecule has 1 saturated heterocycles. The third-order valence-electron chi connectivity index (χ3n) is 7.22. The van der Waals surface area contributed by atoms with Gasteiger partial charge >= 0.3 is 0 Å². The molecule has 2 aliphatic carbocycles. The number of aryl methyl sites for hydroxylation is 2. The number of fused-ring (bicyclic) bond motifs is 5. The van der Waals surface area contributed by atoms with E-state index in [2.05, 4.69) is 69.3 Å². The first kappa shape index (κ1) is 17.0. The van der Waals surface area contributed by atoms with Gasteiger partial charge in [-0.05, 0) is 91.1 Å². The van der Waals surface area contributed by atoms with Crippen LogP contribution in [0.5, 0.6) is 0 Å². The molecule has 1 saturated carbocycles. The Labute approximate surface area is 174 Å². The maximum atomic E-state index is 4.80. The molecule has 6 rings (SSSR count). The maximum Gasteiger partial charge on any atom is 0.124 e. The number of imidazole rings is 1. The van der Waals surface area contributed by atoms with Gasteiger partial charge in [-0.2, -0.15) is 0 Å². The molecule has 3 aliphatic rings. The first-order valence-electron chi connectivity index (χ1n) is 10.4. The molecular formula is C24H24BrN3. The summed E-state index contributed by atoms with van der Waals surface area (Å²) in [7, 11) is 2.27. The largest absolute Gasteiger partial charge is 0.341 e. The third-order valence-corrected chi connectivity index (χ3v) is 7.71. The van der Waals surface area contributed by atoms with Gasteiger partial charge in [-0.1, -0.05) is 34.1 Å². The average Bonchev–Trinajstić information content (AvgIpc) is 3.43. The number of aromatic nitrogens is 2. The first-order valence-corrected chi connectivity index (χ1v) is 11.2. The Morgan fingerprint density at radius 3 is 2.61 bits per heavy atom. The number of H-pyrrole nitrogens is 1. The Morgan fingerprint density at radius 2 is 1.82 bits per heavy atom. The van der Waals surface area contributed by atoms with Crippen LogP contribution >= 0.6 is 15.9 Å². The maximum absolute atomic E-state index is 4.80. The minimum absolute atomic E-state index is 0.468. The average molecular weight is 434 g/mol. The molecule has 2 unspecified atom stereocenters. The number of likely N-dealkylation sites (tertiary alicyclic amines) is 1. The SMILES string of the molecule is CN1C2CCC(C2)[C@H]1c1ncc(-c2ccc3c(c2)CCc2cc(Br)ccc2-3)[nH]1. The van der Waals surface area contributed by atoms with Gasteiger partial charge in [-0.3, -0.25) is 4.90 Å². The van der Waals surface area contributed by atoms with Crippen molar-refractivity contribution in [2.24, 2.45) is 5.92 Å². The molecule has 2 bridgehead atoms. The van der Waals surface area contributed by atoms with Gasteiger partial charge in [-0.25, -0.2) is 4.98 Å². The highest BCUT2D eigenvalue weighted by molar-refractivity contribution is 9.10. The third kappa shape index (κ3) is 2.54. The van der Waals surface area contributed by atoms with Gasteiger partial charge in [0, 0.05) is 10.5 Å². The summed E-state index contributed by atoms with van der Waals surface area (Å²) in [6.45, 7) is 0. The van der Waals surface area contributed by atoms with E-state index in [4.69, 9.17) is 4.98 Å². The molecule has 3 aromatic rings. The standard InChI is InChI=1S/C24H24BrN3/c1-28-19-7-4-17(12-19)23(28)24-26-13-22(27-24)16-5-8-20-14(10-16)2-3-15-11-18(25)6-9-21(15)20/h5-6,8-11,13,17,19,23H,2-4,7,12H2,1H3,(H,26,27)/t17?,19?,23-/m0/s1. The van der Waals surface area contributed by atoms with Gasteiger partial charge in [-0.15, -0.1) is 0 Å². The lowest BCUT2D eigenvalue weighted by molar-refractivity contribution is 0.171. The summed E-state index contributed by atoms with van der Waals surface area (Å²) in [4.78, 5) is 11.0. The van der Waals surface area contributed by atoms with Gasteiger partial charge in [0.25, 0.3) is 0 Å². The van der Waals surface area contributed by atoms with E-state index in [9.17, 15) is 0 Å². The minimum Gasteiger partial charge on any atom is -0.341 e. The Bertz CT molecular complexity index is 1070. The second-order valence-corrected chi connectivity index (χ2v) is 9.61. The highest BCUT2D eigenvalue weighted by atomic mass is 79.9. The number of benzene rings is 2. The van der Waals surface area contributed by atoms with Crippen molar-refractivity contribution in [3.8, 4) is 22.4 Å². The van der Waals surface area contributed by atoms with E-state index < -0.39 is 0 Å². The molecular weight excluding hydrogens is 410 g/mol. The van der Waals surface area contributed by atoms with E-state index in [1.807, 2.05) is 6.20 Å². The van der Waals surface area contributed by atoms with Crippen LogP contribution in [0.3, 0.4) is 0 Å². The lowest BCUT2D eigenvalue weighted by Crippen LogP contribution is -2.32. The van der Waals surface area contributed by atoms with Gasteiger partial charge in [0.1, 0.15) is 5.82 Å². The van der Waals surface area contributed by atoms with Crippen LogP contribution in [0.25, 0.3) is 22.4 Å². The van der Waals surface area contributed by atoms with Crippen molar-refractivity contribution in [3.05, 3.63) is 64.0 Å². The molecule has 28 heavy (non-hydrogen) atoms. The first-order chi connectivity index (χ1) is 13.7. The van der Waals surface area contributed by atoms with E-state index in [0.717, 1.165) is 36.3 Å². The van der Waals surface area contributed by atoms with E-state index in [-0.39, 0.29) is 0 Å². The zero-order valence-electron chi connectivity index (χ0n) is 16.1. The fraction of sp³-hybridized carbons (Fsp3) is 0.375. The number of nitrogens with one attached hydrogen (secondary N) is 1. The molecule has 1 aromatic heterocycles. The summed E-state index contributed by atoms with van der Waals surface area (Å²) in [5.74, 6) is 1.92. The number of rotatable bonds is 2. The smallest absolute Gasteiger partial charge is 0.124 e. The highest BCUT2D eigenvalue weighted by Crippen LogP contribution is 2.48. The number of nitrogens with zero attached hydrogens (tertiary/aromatic N) is 2. The van der Waals surface area contributed by atoms with Crippen LogP contribution in [-0.2, 0) is 12.8 Å². The van der Waals surface area contributed by atoms with E-state index in [1.165, 1.54) is 51.6 Å². The summed E-state index contributed by atoms with van der Waals surface area (Å²) >= 11 is 3.60. The number of hydrogen-bond acceptors (Lipinski definition) is 2. The molecule has 142 valence electrons. The minimum atomic E-state index is 0.468. The number of piperidine rings is 1. The van der Waals surface area contributed by atoms with Crippen molar-refractivity contribution in [1.82, 2.24) is 14.9 Å². The van der Waals surface area contributed by atoms with Crippen LogP contribution in [0.15, 0.2) is 47.1 Å². The molecule has 0 spiro atoms. The molecule has 2 fully saturated rings. The Morgan fingerprint density at radius 1 is 1.04 bits per heavy atom. The molecule has 1 N–H and O–H groups in total. The summed E-state index contributed by atoms with van der Waals surface area (Å²) < 4.78 is 1.17. The monoisotopic (exact) mass is 433 g/mol. The van der Waals surface area contributed by atoms with Gasteiger partial charge in [0.15, 0.2) is 0 Å². The normalized spacial score (nSPS) is 25.7. The van der Waals surface area contributed by atoms with E-state index in [1.54, 1.807) is 0 Å². The van der Waals surface area contributed by atoms with Gasteiger partial charge in [0.2, 0.25) is 0 Å². The number of aromatic amines is 1. The molecule has 1 aliphatic heterocycles. The van der Waals surface area contributed by atoms with Crippen molar-refractivity contribution < 1.29 is 0 Å². The Kier molecular flexibility index (Phi) is 3.82. The molecule has 3 nitrogen and oxygen atoms in total. The Hall–Kier alpha value is -1.91. The quantitative estimate of drug-likeness (QED) is 0.556. The van der Waals surface area contributed by atoms with Crippen LogP contribution in [0.4, 0.5) is 0 Å². The molecule has 2 heterocycles. The van der Waals surface area contributed by atoms with Crippen LogP contribution in [0, 0.1) is 5.92 Å². The summed E-state index contributed by atoms with van der Waals surface area (Å²) in [6, 6.07) is 14.8. The summed E-state index contributed by atoms with van der Waals surface area (Å²) in [6.07, 6.45) is 8.28. The molecule has 2 aromatic carbocycles. The predicted octanol–water partition coefficient (Wildman–Crippen LogP) is 5.76. The highest BCUT2D eigenvalue weighted by Gasteiger charge is 2.45. The van der Waals surface area contributed by atoms with Crippen molar-refractivity contribution in [2.45, 2.75) is 44.2 Å². The number of halogens is 1. The van der Waals surface area contributed by atoms with Crippen LogP contribution in [-0.4, -0.2) is 28.0 Å². The number of hydrogen-bond donors (Lipinski definition) is 1. The van der Waals surface area contributed by atoms with Crippen LogP contribution in [0.1, 0.15) is 42.3 Å². The zero-order valence-corrected chi connectivity index (χ0v) is 17.7. The van der Waals surface area contributed by atoms with Crippen molar-refractivity contribution >= 4 is 15.9 Å². The fourth-order valence-corrected chi connectivity index (χ4v) is 6.20. The van der Waals surface area contributed by atoms with E-state index >= 15 is 0 Å². The second kappa shape index (κ2) is 6.30. The van der Waals surface area contributed by atoms with E-state index in [0.29, 0.717) is 6.04 Å². The van der Waals surface area contributed by atoms with Crippen LogP contribution in [0.2, 0.25) is 0 Å². The molecule has 0 amide bonds. The second-order valence-electron chi connectivity index (χ2n) is 8.69. The van der Waals surface area contributed by atoms with Crippen molar-refractivity contribution in [1.29, 1.82) is 0 Å². The lowest BCUT2D eigenvalue weighted by Gasteiger charge is -2.30. The van der Waals surface area contributed by atoms with Crippen molar-refractivity contribution in [2.75, 3.05) is 7.05 Å². The lowest BCUT2D eigenvalue weighted by atomic mass is 9.84. The Balaban J connectivity index is 1.34. The molecule has 4 heteroatoms. The topological polar surface area (TPSA) is 31.9 Å². The van der Waals surface area contributed by atoms with Crippen molar-refractivity contribution in [3.63, 3.8) is 0 Å². The fourth-order valence-electron chi connectivity index (χ4n) is 5.79.